The van der Waals surface area contributed by atoms with Crippen molar-refractivity contribution in [3.8, 4) is 5.75 Å². The average Bonchev–Trinajstić information content (AvgIpc) is 2.57. The Labute approximate surface area is 108 Å². The molecule has 0 heterocycles. The van der Waals surface area contributed by atoms with Crippen molar-refractivity contribution < 1.29 is 9.50 Å². The van der Waals surface area contributed by atoms with Crippen molar-refractivity contribution >= 4 is 0 Å². The van der Waals surface area contributed by atoms with Crippen LogP contribution in [0.2, 0.25) is 0 Å². The van der Waals surface area contributed by atoms with Gasteiger partial charge >= 0.3 is 0 Å². The first-order chi connectivity index (χ1) is 8.66. The number of phenols is 1. The van der Waals surface area contributed by atoms with E-state index in [1.165, 1.54) is 50.7 Å². The largest absolute Gasteiger partial charge is 0.508 e. The zero-order valence-electron chi connectivity index (χ0n) is 11.0. The molecule has 0 radical (unpaired) electrons. The third-order valence-corrected chi connectivity index (χ3v) is 3.80. The molecule has 1 aromatic carbocycles. The molecule has 18 heavy (non-hydrogen) atoms. The number of halogens is 1. The predicted molar refractivity (Wildman–Crippen MR) is 71.1 cm³/mol. The molecule has 2 N–H and O–H groups in total. The number of hydrogen-bond acceptors (Lipinski definition) is 2. The van der Waals surface area contributed by atoms with Crippen LogP contribution in [0.1, 0.15) is 57.1 Å². The summed E-state index contributed by atoms with van der Waals surface area (Å²) in [6, 6.07) is 4.83. The molecule has 1 aliphatic rings. The Kier molecular flexibility index (Phi) is 4.59. The molecule has 1 saturated carbocycles. The summed E-state index contributed by atoms with van der Waals surface area (Å²) in [5, 5.41) is 13.3. The molecule has 2 nitrogen and oxygen atoms in total. The lowest BCUT2D eigenvalue weighted by molar-refractivity contribution is 0.397. The highest BCUT2D eigenvalue weighted by atomic mass is 19.1. The second-order valence-electron chi connectivity index (χ2n) is 5.28. The molecule has 0 spiro atoms. The van der Waals surface area contributed by atoms with Crippen LogP contribution in [0.3, 0.4) is 0 Å². The van der Waals surface area contributed by atoms with Crippen molar-refractivity contribution in [2.24, 2.45) is 0 Å². The van der Waals surface area contributed by atoms with Gasteiger partial charge in [-0.1, -0.05) is 31.7 Å². The lowest BCUT2D eigenvalue weighted by Gasteiger charge is -2.23. The van der Waals surface area contributed by atoms with Crippen molar-refractivity contribution in [2.75, 3.05) is 0 Å². The van der Waals surface area contributed by atoms with E-state index in [1.807, 2.05) is 6.92 Å². The fourth-order valence-electron chi connectivity index (χ4n) is 2.77. The summed E-state index contributed by atoms with van der Waals surface area (Å²) in [7, 11) is 0. The molecule has 0 aliphatic heterocycles. The molecule has 100 valence electrons. The van der Waals surface area contributed by atoms with Crippen LogP contribution in [0.15, 0.2) is 18.2 Å². The molecule has 0 amide bonds. The van der Waals surface area contributed by atoms with Crippen molar-refractivity contribution in [1.82, 2.24) is 5.32 Å². The molecule has 1 atom stereocenters. The third kappa shape index (κ3) is 3.45. The highest BCUT2D eigenvalue weighted by Crippen LogP contribution is 2.27. The minimum atomic E-state index is -0.391. The predicted octanol–water partition coefficient (Wildman–Crippen LogP) is 3.90. The number of hydrogen-bond donors (Lipinski definition) is 2. The molecule has 0 bridgehead atoms. The fraction of sp³-hybridized carbons (Fsp3) is 0.600. The van der Waals surface area contributed by atoms with Crippen LogP contribution < -0.4 is 5.32 Å². The minimum Gasteiger partial charge on any atom is -0.508 e. The maximum atomic E-state index is 12.9. The molecule has 1 fully saturated rings. The van der Waals surface area contributed by atoms with E-state index >= 15 is 0 Å². The van der Waals surface area contributed by atoms with Crippen LogP contribution in [-0.4, -0.2) is 11.1 Å². The summed E-state index contributed by atoms with van der Waals surface area (Å²) in [6.45, 7) is 2.03. The molecule has 2 rings (SSSR count). The van der Waals surface area contributed by atoms with Gasteiger partial charge in [-0.15, -0.1) is 0 Å². The SMILES string of the molecule is CC(NC1CCCCCC1)c1ccc(F)cc1O. The Morgan fingerprint density at radius 1 is 1.22 bits per heavy atom. The van der Waals surface area contributed by atoms with Gasteiger partial charge in [0.1, 0.15) is 11.6 Å². The second-order valence-corrected chi connectivity index (χ2v) is 5.28. The van der Waals surface area contributed by atoms with Crippen LogP contribution in [0.4, 0.5) is 4.39 Å². The van der Waals surface area contributed by atoms with Gasteiger partial charge in [-0.2, -0.15) is 0 Å². The number of rotatable bonds is 3. The smallest absolute Gasteiger partial charge is 0.126 e. The molecule has 1 aromatic rings. The lowest BCUT2D eigenvalue weighted by Crippen LogP contribution is -2.31. The standard InChI is InChI=1S/C15H22FNO/c1-11(14-9-8-12(16)10-15(14)18)17-13-6-4-2-3-5-7-13/h8-11,13,17-18H,2-7H2,1H3. The molecule has 0 saturated heterocycles. The van der Waals surface area contributed by atoms with Gasteiger partial charge in [0.05, 0.1) is 0 Å². The first kappa shape index (κ1) is 13.3. The van der Waals surface area contributed by atoms with Crippen LogP contribution in [0.5, 0.6) is 5.75 Å². The van der Waals surface area contributed by atoms with E-state index in [2.05, 4.69) is 5.32 Å². The molecule has 0 aromatic heterocycles. The number of nitrogens with one attached hydrogen (secondary N) is 1. The molecule has 1 aliphatic carbocycles. The van der Waals surface area contributed by atoms with Gasteiger partial charge in [-0.05, 0) is 25.8 Å². The Morgan fingerprint density at radius 2 is 1.89 bits per heavy atom. The highest BCUT2D eigenvalue weighted by molar-refractivity contribution is 5.34. The van der Waals surface area contributed by atoms with Gasteiger partial charge < -0.3 is 10.4 Å². The number of benzene rings is 1. The van der Waals surface area contributed by atoms with Gasteiger partial charge in [0.2, 0.25) is 0 Å². The van der Waals surface area contributed by atoms with E-state index in [4.69, 9.17) is 0 Å². The number of phenolic OH excluding ortho intramolecular Hbond substituents is 1. The van der Waals surface area contributed by atoms with Gasteiger partial charge in [0, 0.05) is 23.7 Å². The van der Waals surface area contributed by atoms with Crippen molar-refractivity contribution in [1.29, 1.82) is 0 Å². The topological polar surface area (TPSA) is 32.3 Å². The molecular formula is C15H22FNO. The van der Waals surface area contributed by atoms with Gasteiger partial charge in [0.25, 0.3) is 0 Å². The summed E-state index contributed by atoms with van der Waals surface area (Å²) < 4.78 is 12.9. The fourth-order valence-corrected chi connectivity index (χ4v) is 2.77. The molecular weight excluding hydrogens is 229 g/mol. The van der Waals surface area contributed by atoms with Gasteiger partial charge in [0.15, 0.2) is 0 Å². The van der Waals surface area contributed by atoms with E-state index in [-0.39, 0.29) is 11.8 Å². The van der Waals surface area contributed by atoms with E-state index in [0.29, 0.717) is 6.04 Å². The summed E-state index contributed by atoms with van der Waals surface area (Å²) in [5.41, 5.74) is 0.778. The zero-order valence-corrected chi connectivity index (χ0v) is 11.0. The Hall–Kier alpha value is -1.09. The monoisotopic (exact) mass is 251 g/mol. The minimum absolute atomic E-state index is 0.0450. The third-order valence-electron chi connectivity index (χ3n) is 3.80. The summed E-state index contributed by atoms with van der Waals surface area (Å²) >= 11 is 0. The summed E-state index contributed by atoms with van der Waals surface area (Å²) in [6.07, 6.45) is 7.61. The van der Waals surface area contributed by atoms with Crippen molar-refractivity contribution in [3.63, 3.8) is 0 Å². The Morgan fingerprint density at radius 3 is 2.50 bits per heavy atom. The van der Waals surface area contributed by atoms with Gasteiger partial charge in [-0.25, -0.2) is 4.39 Å². The quantitative estimate of drug-likeness (QED) is 0.798. The number of aromatic hydroxyl groups is 1. The van der Waals surface area contributed by atoms with Crippen LogP contribution in [0, 0.1) is 5.82 Å². The zero-order chi connectivity index (χ0) is 13.0. The average molecular weight is 251 g/mol. The highest BCUT2D eigenvalue weighted by Gasteiger charge is 2.17. The normalized spacial score (nSPS) is 19.4. The maximum Gasteiger partial charge on any atom is 0.126 e. The first-order valence-electron chi connectivity index (χ1n) is 6.91. The van der Waals surface area contributed by atoms with Crippen molar-refractivity contribution in [3.05, 3.63) is 29.6 Å². The van der Waals surface area contributed by atoms with Crippen LogP contribution >= 0.6 is 0 Å². The second kappa shape index (κ2) is 6.19. The Bertz CT molecular complexity index is 386. The van der Waals surface area contributed by atoms with Crippen LogP contribution in [-0.2, 0) is 0 Å². The van der Waals surface area contributed by atoms with Crippen molar-refractivity contribution in [2.45, 2.75) is 57.5 Å². The van der Waals surface area contributed by atoms with Crippen LogP contribution in [0.25, 0.3) is 0 Å². The maximum absolute atomic E-state index is 12.9. The Balaban J connectivity index is 1.99. The lowest BCUT2D eigenvalue weighted by atomic mass is 10.0. The molecule has 1 unspecified atom stereocenters. The van der Waals surface area contributed by atoms with E-state index < -0.39 is 5.82 Å². The first-order valence-corrected chi connectivity index (χ1v) is 6.91. The molecule has 3 heteroatoms. The van der Waals surface area contributed by atoms with E-state index in [1.54, 1.807) is 6.07 Å². The summed E-state index contributed by atoms with van der Waals surface area (Å²) in [5.74, 6) is -0.346. The van der Waals surface area contributed by atoms with E-state index in [0.717, 1.165) is 5.56 Å². The van der Waals surface area contributed by atoms with E-state index in [9.17, 15) is 9.50 Å². The van der Waals surface area contributed by atoms with Gasteiger partial charge in [-0.3, -0.25) is 0 Å². The summed E-state index contributed by atoms with van der Waals surface area (Å²) in [4.78, 5) is 0.